The monoisotopic (exact) mass is 429 g/mol. The van der Waals surface area contributed by atoms with Gasteiger partial charge >= 0.3 is 0 Å². The van der Waals surface area contributed by atoms with Crippen LogP contribution < -0.4 is 10.2 Å². The molecular weight excluding hydrogens is 401 g/mol. The zero-order valence-electron chi connectivity index (χ0n) is 17.9. The van der Waals surface area contributed by atoms with Crippen molar-refractivity contribution in [1.82, 2.24) is 10.2 Å². The summed E-state index contributed by atoms with van der Waals surface area (Å²) >= 11 is 5.06. The van der Waals surface area contributed by atoms with Gasteiger partial charge in [0.05, 0.1) is 0 Å². The Labute approximate surface area is 182 Å². The van der Waals surface area contributed by atoms with Crippen LogP contribution in [0.25, 0.3) is 6.08 Å². The molecule has 3 rings (SSSR count). The van der Waals surface area contributed by atoms with Crippen molar-refractivity contribution in [2.24, 2.45) is 0 Å². The van der Waals surface area contributed by atoms with Crippen molar-refractivity contribution >= 4 is 40.9 Å². The minimum Gasteiger partial charge on any atom is -0.366 e. The highest BCUT2D eigenvalue weighted by Gasteiger charge is 2.37. The zero-order valence-corrected chi connectivity index (χ0v) is 18.7. The van der Waals surface area contributed by atoms with Crippen molar-refractivity contribution in [3.63, 3.8) is 0 Å². The van der Waals surface area contributed by atoms with Gasteiger partial charge in [0.1, 0.15) is 11.4 Å². The molecule has 1 unspecified atom stereocenters. The smallest absolute Gasteiger partial charge is 0.265 e. The number of thiocarbonyl (C=S) groups is 1. The van der Waals surface area contributed by atoms with Gasteiger partial charge in [-0.3, -0.25) is 19.8 Å². The van der Waals surface area contributed by atoms with E-state index in [4.69, 9.17) is 12.2 Å². The Morgan fingerprint density at radius 3 is 2.70 bits per heavy atom. The third kappa shape index (κ3) is 3.90. The molecule has 0 aliphatic carbocycles. The van der Waals surface area contributed by atoms with Crippen LogP contribution in [0.1, 0.15) is 57.6 Å². The molecule has 30 heavy (non-hydrogen) atoms. The highest BCUT2D eigenvalue weighted by Crippen LogP contribution is 2.44. The standard InChI is InChI=1S/C23H28FN3O2S/c1-6-8-26-21(29)17(20(28)25-22(26)30)11-15-10-16-14(3)13-23(4,5)27(9-7-2)19(16)12-18(15)24/h6,10-12,14H,1,7-9,13H2,2-5H3,(H,25,28,30)/b17-11+. The SMILES string of the molecule is C=CCN1C(=O)/C(=C/c2cc3c(cc2F)N(CCC)C(C)(C)CC3C)C(=O)NC1=S. The Morgan fingerprint density at radius 1 is 1.37 bits per heavy atom. The number of nitrogens with zero attached hydrogens (tertiary/aromatic N) is 2. The Morgan fingerprint density at radius 2 is 2.07 bits per heavy atom. The third-order valence-electron chi connectivity index (χ3n) is 5.75. The largest absolute Gasteiger partial charge is 0.366 e. The predicted octanol–water partition coefficient (Wildman–Crippen LogP) is 4.14. The molecule has 0 aromatic heterocycles. The topological polar surface area (TPSA) is 52.7 Å². The number of carbonyl (C=O) groups excluding carboxylic acids is 2. The van der Waals surface area contributed by atoms with Crippen LogP contribution in [-0.4, -0.2) is 40.5 Å². The summed E-state index contributed by atoms with van der Waals surface area (Å²) in [6.45, 7) is 13.2. The van der Waals surface area contributed by atoms with Gasteiger partial charge < -0.3 is 4.90 Å². The van der Waals surface area contributed by atoms with Crippen LogP contribution in [0, 0.1) is 5.82 Å². The highest BCUT2D eigenvalue weighted by atomic mass is 32.1. The molecule has 160 valence electrons. The number of benzene rings is 1. The van der Waals surface area contributed by atoms with Crippen LogP contribution in [0.5, 0.6) is 0 Å². The van der Waals surface area contributed by atoms with Gasteiger partial charge in [0.15, 0.2) is 5.11 Å². The van der Waals surface area contributed by atoms with Crippen LogP contribution in [0.3, 0.4) is 0 Å². The van der Waals surface area contributed by atoms with E-state index in [0.717, 1.165) is 30.6 Å². The highest BCUT2D eigenvalue weighted by molar-refractivity contribution is 7.80. The normalized spacial score (nSPS) is 22.2. The van der Waals surface area contributed by atoms with Gasteiger partial charge in [-0.2, -0.15) is 0 Å². The Kier molecular flexibility index (Phi) is 6.13. The van der Waals surface area contributed by atoms with E-state index in [1.54, 1.807) is 6.07 Å². The number of anilines is 1. The predicted molar refractivity (Wildman–Crippen MR) is 122 cm³/mol. The number of rotatable bonds is 5. The molecule has 0 bridgehead atoms. The van der Waals surface area contributed by atoms with Gasteiger partial charge in [0.2, 0.25) is 0 Å². The molecule has 0 spiro atoms. The van der Waals surface area contributed by atoms with Crippen LogP contribution in [0.15, 0.2) is 30.4 Å². The van der Waals surface area contributed by atoms with Crippen molar-refractivity contribution in [1.29, 1.82) is 0 Å². The van der Waals surface area contributed by atoms with Gasteiger partial charge in [0, 0.05) is 29.9 Å². The van der Waals surface area contributed by atoms with Crippen molar-refractivity contribution in [2.75, 3.05) is 18.0 Å². The van der Waals surface area contributed by atoms with Crippen LogP contribution in [-0.2, 0) is 9.59 Å². The summed E-state index contributed by atoms with van der Waals surface area (Å²) in [5.74, 6) is -1.41. The maximum absolute atomic E-state index is 15.1. The average molecular weight is 430 g/mol. The zero-order chi connectivity index (χ0) is 22.2. The van der Waals surface area contributed by atoms with E-state index in [9.17, 15) is 9.59 Å². The van der Waals surface area contributed by atoms with E-state index in [0.29, 0.717) is 0 Å². The van der Waals surface area contributed by atoms with Gasteiger partial charge in [-0.1, -0.05) is 19.9 Å². The van der Waals surface area contributed by atoms with Crippen molar-refractivity contribution in [3.05, 3.63) is 47.3 Å². The second-order valence-electron chi connectivity index (χ2n) is 8.52. The number of halogens is 1. The minimum absolute atomic E-state index is 0.0269. The molecule has 1 N–H and O–H groups in total. The van der Waals surface area contributed by atoms with E-state index < -0.39 is 17.6 Å². The third-order valence-corrected chi connectivity index (χ3v) is 6.07. The van der Waals surface area contributed by atoms with Crippen molar-refractivity contribution in [3.8, 4) is 0 Å². The lowest BCUT2D eigenvalue weighted by molar-refractivity contribution is -0.128. The maximum atomic E-state index is 15.1. The second kappa shape index (κ2) is 8.30. The summed E-state index contributed by atoms with van der Waals surface area (Å²) in [7, 11) is 0. The lowest BCUT2D eigenvalue weighted by atomic mass is 9.79. The fourth-order valence-corrected chi connectivity index (χ4v) is 4.67. The molecule has 1 atom stereocenters. The first-order valence-corrected chi connectivity index (χ1v) is 10.6. The molecule has 2 amide bonds. The summed E-state index contributed by atoms with van der Waals surface area (Å²) in [4.78, 5) is 28.6. The second-order valence-corrected chi connectivity index (χ2v) is 8.91. The van der Waals surface area contributed by atoms with E-state index in [1.807, 2.05) is 0 Å². The number of amides is 2. The number of hydrogen-bond acceptors (Lipinski definition) is 4. The van der Waals surface area contributed by atoms with Gasteiger partial charge in [0.25, 0.3) is 11.8 Å². The van der Waals surface area contributed by atoms with Crippen molar-refractivity contribution in [2.45, 2.75) is 52.0 Å². The number of hydrogen-bond donors (Lipinski definition) is 1. The maximum Gasteiger partial charge on any atom is 0.265 e. The van der Waals surface area contributed by atoms with Gasteiger partial charge in [-0.25, -0.2) is 4.39 Å². The molecule has 7 heteroatoms. The molecule has 1 aromatic carbocycles. The molecule has 1 saturated heterocycles. The molecule has 2 aliphatic heterocycles. The average Bonchev–Trinajstić information content (AvgIpc) is 2.65. The lowest BCUT2D eigenvalue weighted by Crippen LogP contribution is -2.53. The summed E-state index contributed by atoms with van der Waals surface area (Å²) in [5, 5.41) is 2.52. The van der Waals surface area contributed by atoms with E-state index in [1.165, 1.54) is 23.1 Å². The van der Waals surface area contributed by atoms with Gasteiger partial charge in [-0.05, 0) is 68.6 Å². The van der Waals surface area contributed by atoms with Crippen LogP contribution in [0.2, 0.25) is 0 Å². The lowest BCUT2D eigenvalue weighted by Gasteiger charge is -2.47. The summed E-state index contributed by atoms with van der Waals surface area (Å²) in [6.07, 6.45) is 4.73. The molecule has 0 radical (unpaired) electrons. The quantitative estimate of drug-likeness (QED) is 0.331. The molecule has 1 fully saturated rings. The first-order valence-electron chi connectivity index (χ1n) is 10.2. The van der Waals surface area contributed by atoms with Crippen LogP contribution >= 0.6 is 12.2 Å². The Balaban J connectivity index is 2.07. The number of nitrogens with one attached hydrogen (secondary N) is 1. The van der Waals surface area contributed by atoms with Crippen LogP contribution in [0.4, 0.5) is 10.1 Å². The van der Waals surface area contributed by atoms with E-state index >= 15 is 4.39 Å². The van der Waals surface area contributed by atoms with E-state index in [-0.39, 0.29) is 34.3 Å². The molecular formula is C23H28FN3O2S. The fraction of sp³-hybridized carbons (Fsp3) is 0.435. The number of fused-ring (bicyclic) bond motifs is 1. The molecule has 5 nitrogen and oxygen atoms in total. The van der Waals surface area contributed by atoms with Gasteiger partial charge in [-0.15, -0.1) is 6.58 Å². The molecule has 0 saturated carbocycles. The number of carbonyl (C=O) groups is 2. The molecule has 2 aliphatic rings. The Bertz CT molecular complexity index is 954. The first-order chi connectivity index (χ1) is 14.1. The molecule has 2 heterocycles. The van der Waals surface area contributed by atoms with Crippen molar-refractivity contribution < 1.29 is 14.0 Å². The summed E-state index contributed by atoms with van der Waals surface area (Å²) in [6, 6.07) is 3.30. The minimum atomic E-state index is -0.621. The molecule has 1 aromatic rings. The summed E-state index contributed by atoms with van der Waals surface area (Å²) < 4.78 is 15.1. The van der Waals surface area contributed by atoms with E-state index in [2.05, 4.69) is 44.5 Å². The Hall–Kier alpha value is -2.54. The summed E-state index contributed by atoms with van der Waals surface area (Å²) in [5.41, 5.74) is 1.92. The first kappa shape index (κ1) is 22.2. The fourth-order valence-electron chi connectivity index (χ4n) is 4.42.